The van der Waals surface area contributed by atoms with Crippen molar-refractivity contribution in [3.63, 3.8) is 0 Å². The van der Waals surface area contributed by atoms with Gasteiger partial charge in [-0.1, -0.05) is 0 Å². The van der Waals surface area contributed by atoms with E-state index in [1.165, 1.54) is 18.5 Å². The number of nitrogens with two attached hydrogens (primary N) is 2. The maximum Gasteiger partial charge on any atom is 0.0603 e. The molecule has 1 aromatic rings. The molecule has 1 heterocycles. The summed E-state index contributed by atoms with van der Waals surface area (Å²) in [7, 11) is 0. The molecule has 1 atom stereocenters. The standard InChI is InChI=1S/C15H26N4/c1-2-18-14-10-13(17)5-6-15(14)19-9-3-4-12(11-19)7-8-16/h5-6,10,12,18H,2-4,7-9,11,16-17H2,1H3. The molecule has 0 saturated carbocycles. The van der Waals surface area contributed by atoms with Gasteiger partial charge in [-0.3, -0.25) is 0 Å². The van der Waals surface area contributed by atoms with Gasteiger partial charge in [-0.15, -0.1) is 0 Å². The molecule has 0 spiro atoms. The number of nitrogens with one attached hydrogen (secondary N) is 1. The highest BCUT2D eigenvalue weighted by Crippen LogP contribution is 2.32. The number of nitrogen functional groups attached to an aromatic ring is 1. The zero-order chi connectivity index (χ0) is 13.7. The molecule has 106 valence electrons. The van der Waals surface area contributed by atoms with Crippen LogP contribution in [0.2, 0.25) is 0 Å². The Morgan fingerprint density at radius 1 is 1.42 bits per heavy atom. The fraction of sp³-hybridized carbons (Fsp3) is 0.600. The van der Waals surface area contributed by atoms with Crippen molar-refractivity contribution in [3.05, 3.63) is 18.2 Å². The maximum absolute atomic E-state index is 5.89. The van der Waals surface area contributed by atoms with Crippen molar-refractivity contribution in [2.45, 2.75) is 26.2 Å². The van der Waals surface area contributed by atoms with Gasteiger partial charge < -0.3 is 21.7 Å². The third-order valence-electron chi connectivity index (χ3n) is 3.82. The molecule has 0 amide bonds. The number of hydrogen-bond acceptors (Lipinski definition) is 4. The lowest BCUT2D eigenvalue weighted by Crippen LogP contribution is -2.36. The molecule has 1 saturated heterocycles. The fourth-order valence-corrected chi connectivity index (χ4v) is 2.92. The summed E-state index contributed by atoms with van der Waals surface area (Å²) >= 11 is 0. The Kier molecular flexibility index (Phi) is 4.91. The molecular formula is C15H26N4. The average molecular weight is 262 g/mol. The van der Waals surface area contributed by atoms with E-state index >= 15 is 0 Å². The van der Waals surface area contributed by atoms with Crippen LogP contribution in [0.25, 0.3) is 0 Å². The van der Waals surface area contributed by atoms with Gasteiger partial charge in [0.2, 0.25) is 0 Å². The molecule has 0 aromatic heterocycles. The van der Waals surface area contributed by atoms with Crippen molar-refractivity contribution < 1.29 is 0 Å². The second-order valence-corrected chi connectivity index (χ2v) is 5.34. The van der Waals surface area contributed by atoms with Crippen LogP contribution in [0.5, 0.6) is 0 Å². The summed E-state index contributed by atoms with van der Waals surface area (Å²) in [5, 5.41) is 3.41. The molecule has 1 aromatic carbocycles. The van der Waals surface area contributed by atoms with E-state index in [0.29, 0.717) is 0 Å². The lowest BCUT2D eigenvalue weighted by molar-refractivity contribution is 0.396. The van der Waals surface area contributed by atoms with Crippen LogP contribution in [0, 0.1) is 5.92 Å². The van der Waals surface area contributed by atoms with E-state index < -0.39 is 0 Å². The summed E-state index contributed by atoms with van der Waals surface area (Å²) in [6.45, 7) is 6.06. The van der Waals surface area contributed by atoms with E-state index in [-0.39, 0.29) is 0 Å². The summed E-state index contributed by atoms with van der Waals surface area (Å²) in [6, 6.07) is 6.16. The minimum atomic E-state index is 0.728. The van der Waals surface area contributed by atoms with Crippen molar-refractivity contribution in [1.29, 1.82) is 0 Å². The summed E-state index contributed by atoms with van der Waals surface area (Å²) in [5.74, 6) is 0.728. The SMILES string of the molecule is CCNc1cc(N)ccc1N1CCCC(CCN)C1. The molecule has 1 fully saturated rings. The van der Waals surface area contributed by atoms with Crippen LogP contribution >= 0.6 is 0 Å². The maximum atomic E-state index is 5.89. The molecule has 0 bridgehead atoms. The Bertz CT molecular complexity index is 403. The Balaban J connectivity index is 2.15. The van der Waals surface area contributed by atoms with Crippen molar-refractivity contribution >= 4 is 17.1 Å². The van der Waals surface area contributed by atoms with Gasteiger partial charge in [0.1, 0.15) is 0 Å². The lowest BCUT2D eigenvalue weighted by Gasteiger charge is -2.35. The van der Waals surface area contributed by atoms with Crippen LogP contribution in [0.4, 0.5) is 17.1 Å². The first-order valence-electron chi connectivity index (χ1n) is 7.33. The van der Waals surface area contributed by atoms with E-state index in [2.05, 4.69) is 23.2 Å². The molecule has 4 nitrogen and oxygen atoms in total. The topological polar surface area (TPSA) is 67.3 Å². The van der Waals surface area contributed by atoms with E-state index in [0.717, 1.165) is 49.9 Å². The first-order valence-corrected chi connectivity index (χ1v) is 7.33. The second-order valence-electron chi connectivity index (χ2n) is 5.34. The number of piperidine rings is 1. The van der Waals surface area contributed by atoms with Crippen molar-refractivity contribution in [3.8, 4) is 0 Å². The van der Waals surface area contributed by atoms with E-state index in [1.54, 1.807) is 0 Å². The zero-order valence-corrected chi connectivity index (χ0v) is 11.9. The molecule has 0 aliphatic carbocycles. The quantitative estimate of drug-likeness (QED) is 0.712. The van der Waals surface area contributed by atoms with Gasteiger partial charge in [0, 0.05) is 25.3 Å². The van der Waals surface area contributed by atoms with Gasteiger partial charge in [-0.2, -0.15) is 0 Å². The number of benzene rings is 1. The molecule has 1 aliphatic rings. The Hall–Kier alpha value is -1.42. The van der Waals surface area contributed by atoms with E-state index in [1.807, 2.05) is 12.1 Å². The number of nitrogens with zero attached hydrogens (tertiary/aromatic N) is 1. The van der Waals surface area contributed by atoms with Crippen LogP contribution < -0.4 is 21.7 Å². The van der Waals surface area contributed by atoms with Crippen LogP contribution in [0.3, 0.4) is 0 Å². The van der Waals surface area contributed by atoms with Crippen LogP contribution in [0.1, 0.15) is 26.2 Å². The van der Waals surface area contributed by atoms with Gasteiger partial charge >= 0.3 is 0 Å². The monoisotopic (exact) mass is 262 g/mol. The summed E-state index contributed by atoms with van der Waals surface area (Å²) in [5.41, 5.74) is 14.8. The van der Waals surface area contributed by atoms with Gasteiger partial charge in [-0.25, -0.2) is 0 Å². The van der Waals surface area contributed by atoms with Gasteiger partial charge in [-0.05, 0) is 56.8 Å². The summed E-state index contributed by atoms with van der Waals surface area (Å²) in [6.07, 6.45) is 3.68. The van der Waals surface area contributed by atoms with Gasteiger partial charge in [0.15, 0.2) is 0 Å². The average Bonchev–Trinajstić information content (AvgIpc) is 2.40. The smallest absolute Gasteiger partial charge is 0.0603 e. The minimum absolute atomic E-state index is 0.728. The van der Waals surface area contributed by atoms with Crippen LogP contribution in [0.15, 0.2) is 18.2 Å². The van der Waals surface area contributed by atoms with Crippen LogP contribution in [-0.2, 0) is 0 Å². The normalized spacial score (nSPS) is 19.5. The first-order chi connectivity index (χ1) is 9.24. The van der Waals surface area contributed by atoms with Gasteiger partial charge in [0.25, 0.3) is 0 Å². The highest BCUT2D eigenvalue weighted by molar-refractivity contribution is 5.74. The predicted molar refractivity (Wildman–Crippen MR) is 83.6 cm³/mol. The molecule has 2 rings (SSSR count). The zero-order valence-electron chi connectivity index (χ0n) is 11.9. The molecule has 19 heavy (non-hydrogen) atoms. The van der Waals surface area contributed by atoms with Crippen molar-refractivity contribution in [1.82, 2.24) is 0 Å². The van der Waals surface area contributed by atoms with E-state index in [9.17, 15) is 0 Å². The highest BCUT2D eigenvalue weighted by Gasteiger charge is 2.21. The number of anilines is 3. The Morgan fingerprint density at radius 3 is 3.00 bits per heavy atom. The second kappa shape index (κ2) is 6.66. The largest absolute Gasteiger partial charge is 0.399 e. The molecule has 5 N–H and O–H groups in total. The molecule has 1 aliphatic heterocycles. The number of rotatable bonds is 5. The van der Waals surface area contributed by atoms with Crippen molar-refractivity contribution in [2.75, 3.05) is 42.1 Å². The molecular weight excluding hydrogens is 236 g/mol. The van der Waals surface area contributed by atoms with Crippen molar-refractivity contribution in [2.24, 2.45) is 11.7 Å². The molecule has 4 heteroatoms. The third-order valence-corrected chi connectivity index (χ3v) is 3.82. The summed E-state index contributed by atoms with van der Waals surface area (Å²) < 4.78 is 0. The Morgan fingerprint density at radius 2 is 2.26 bits per heavy atom. The first kappa shape index (κ1) is 14.0. The molecule has 1 unspecified atom stereocenters. The fourth-order valence-electron chi connectivity index (χ4n) is 2.92. The lowest BCUT2D eigenvalue weighted by atomic mass is 9.94. The summed E-state index contributed by atoms with van der Waals surface area (Å²) in [4.78, 5) is 2.47. The minimum Gasteiger partial charge on any atom is -0.399 e. The van der Waals surface area contributed by atoms with Crippen LogP contribution in [-0.4, -0.2) is 26.2 Å². The predicted octanol–water partition coefficient (Wildman–Crippen LogP) is 2.27. The Labute approximate surface area is 116 Å². The molecule has 0 radical (unpaired) electrons. The third kappa shape index (κ3) is 3.53. The highest BCUT2D eigenvalue weighted by atomic mass is 15.2. The number of hydrogen-bond donors (Lipinski definition) is 3. The van der Waals surface area contributed by atoms with Gasteiger partial charge in [0.05, 0.1) is 11.4 Å². The van der Waals surface area contributed by atoms with E-state index in [4.69, 9.17) is 11.5 Å².